The van der Waals surface area contributed by atoms with Crippen LogP contribution in [0.4, 0.5) is 10.2 Å². The second-order valence-corrected chi connectivity index (χ2v) is 8.62. The fourth-order valence-electron chi connectivity index (χ4n) is 4.78. The first-order valence-corrected chi connectivity index (χ1v) is 11.1. The molecule has 0 saturated carbocycles. The van der Waals surface area contributed by atoms with E-state index in [0.29, 0.717) is 29.1 Å². The van der Waals surface area contributed by atoms with Gasteiger partial charge in [-0.15, -0.1) is 15.3 Å². The van der Waals surface area contributed by atoms with Crippen molar-refractivity contribution in [1.29, 1.82) is 0 Å². The molecular weight excluding hydrogens is 425 g/mol. The van der Waals surface area contributed by atoms with Gasteiger partial charge in [-0.3, -0.25) is 0 Å². The van der Waals surface area contributed by atoms with Gasteiger partial charge in [0, 0.05) is 30.8 Å². The van der Waals surface area contributed by atoms with Gasteiger partial charge in [0.2, 0.25) is 5.88 Å². The number of aromatic nitrogens is 5. The number of anilines is 1. The van der Waals surface area contributed by atoms with Gasteiger partial charge >= 0.3 is 0 Å². The number of ether oxygens (including phenoxy) is 1. The zero-order chi connectivity index (χ0) is 22.9. The van der Waals surface area contributed by atoms with Gasteiger partial charge in [-0.2, -0.15) is 5.10 Å². The molecule has 2 saturated heterocycles. The highest BCUT2D eigenvalue weighted by molar-refractivity contribution is 5.72. The van der Waals surface area contributed by atoms with Crippen LogP contribution in [0.15, 0.2) is 36.7 Å². The summed E-state index contributed by atoms with van der Waals surface area (Å²) in [7, 11) is 3.36. The van der Waals surface area contributed by atoms with Crippen molar-refractivity contribution in [3.63, 3.8) is 0 Å². The molecule has 0 radical (unpaired) electrons. The first-order valence-electron chi connectivity index (χ1n) is 11.1. The van der Waals surface area contributed by atoms with E-state index in [-0.39, 0.29) is 17.8 Å². The number of fused-ring (bicyclic) bond motifs is 2. The Morgan fingerprint density at radius 2 is 2.00 bits per heavy atom. The molecule has 4 heterocycles. The fourth-order valence-corrected chi connectivity index (χ4v) is 4.78. The molecule has 2 aliphatic heterocycles. The quantitative estimate of drug-likeness (QED) is 0.605. The lowest BCUT2D eigenvalue weighted by molar-refractivity contribution is 0.107. The molecule has 0 unspecified atom stereocenters. The highest BCUT2D eigenvalue weighted by atomic mass is 19.1. The molecule has 5 rings (SSSR count). The van der Waals surface area contributed by atoms with Crippen LogP contribution in [0.25, 0.3) is 22.5 Å². The lowest BCUT2D eigenvalue weighted by Crippen LogP contribution is -2.61. The average Bonchev–Trinajstić information content (AvgIpc) is 2.86. The summed E-state index contributed by atoms with van der Waals surface area (Å²) in [6.45, 7) is 0. The summed E-state index contributed by atoms with van der Waals surface area (Å²) in [5.74, 6) is 1.20. The van der Waals surface area contributed by atoms with Crippen LogP contribution in [-0.2, 0) is 0 Å². The van der Waals surface area contributed by atoms with Crippen LogP contribution in [-0.4, -0.2) is 68.9 Å². The Morgan fingerprint density at radius 3 is 2.76 bits per heavy atom. The predicted molar refractivity (Wildman–Crippen MR) is 121 cm³/mol. The number of methoxy groups -OCH3 is 1. The molecule has 0 amide bonds. The Balaban J connectivity index is 1.35. The maximum Gasteiger partial charge on any atom is 0.233 e. The zero-order valence-corrected chi connectivity index (χ0v) is 18.5. The number of piperidine rings is 2. The summed E-state index contributed by atoms with van der Waals surface area (Å²) in [5.41, 5.74) is 1.96. The number of benzene rings is 1. The Hall–Kier alpha value is -3.40. The third-order valence-corrected chi connectivity index (χ3v) is 6.62. The molecule has 33 heavy (non-hydrogen) atoms. The molecule has 10 heteroatoms. The Morgan fingerprint density at radius 1 is 1.12 bits per heavy atom. The zero-order valence-electron chi connectivity index (χ0n) is 18.5. The van der Waals surface area contributed by atoms with Crippen LogP contribution in [0, 0.1) is 0 Å². The maximum atomic E-state index is 15.1. The molecule has 0 spiro atoms. The number of phenolic OH excluding ortho intramolecular Hbond substituents is 1. The van der Waals surface area contributed by atoms with Crippen LogP contribution in [0.3, 0.4) is 0 Å². The van der Waals surface area contributed by atoms with E-state index in [1.165, 1.54) is 7.11 Å². The van der Waals surface area contributed by atoms with Gasteiger partial charge < -0.3 is 20.1 Å². The van der Waals surface area contributed by atoms with Gasteiger partial charge in [-0.25, -0.2) is 9.37 Å². The van der Waals surface area contributed by atoms with Gasteiger partial charge in [-0.1, -0.05) is 12.5 Å². The van der Waals surface area contributed by atoms with Crippen LogP contribution in [0.5, 0.6) is 11.6 Å². The molecule has 2 N–H and O–H groups in total. The van der Waals surface area contributed by atoms with E-state index in [4.69, 9.17) is 4.74 Å². The minimum absolute atomic E-state index is 0.0150. The number of rotatable bonds is 5. The first-order chi connectivity index (χ1) is 16.0. The van der Waals surface area contributed by atoms with E-state index in [0.717, 1.165) is 36.8 Å². The minimum Gasteiger partial charge on any atom is -0.507 e. The summed E-state index contributed by atoms with van der Waals surface area (Å²) in [4.78, 5) is 6.24. The molecule has 2 bridgehead atoms. The molecule has 4 atom stereocenters. The SMILES string of the molecule is COc1cc(-c2ccc(-c3ncc(N(C)[C@H]4C[C@@H]5CCC[C@@H](N5)[C@H]4F)nn3)c(O)c2)cnn1. The molecular formula is C23H26FN7O2. The predicted octanol–water partition coefficient (Wildman–Crippen LogP) is 2.77. The lowest BCUT2D eigenvalue weighted by Gasteiger charge is -2.45. The molecule has 2 aliphatic rings. The van der Waals surface area contributed by atoms with Gasteiger partial charge in [0.1, 0.15) is 11.9 Å². The van der Waals surface area contributed by atoms with Crippen LogP contribution in [0.1, 0.15) is 25.7 Å². The van der Waals surface area contributed by atoms with E-state index in [9.17, 15) is 5.11 Å². The average molecular weight is 452 g/mol. The van der Waals surface area contributed by atoms with Crippen molar-refractivity contribution in [3.8, 4) is 34.1 Å². The number of alkyl halides is 1. The number of aromatic hydroxyl groups is 1. The van der Waals surface area contributed by atoms with E-state index < -0.39 is 6.17 Å². The summed E-state index contributed by atoms with van der Waals surface area (Å²) in [5, 5.41) is 30.3. The van der Waals surface area contributed by atoms with E-state index >= 15 is 4.39 Å². The first kappa shape index (κ1) is 21.4. The van der Waals surface area contributed by atoms with Crippen molar-refractivity contribution in [1.82, 2.24) is 30.7 Å². The normalized spacial score (nSPS) is 24.3. The Kier molecular flexibility index (Phi) is 5.76. The number of nitrogens with one attached hydrogen (secondary N) is 1. The number of hydrogen-bond donors (Lipinski definition) is 2. The van der Waals surface area contributed by atoms with Crippen molar-refractivity contribution >= 4 is 5.82 Å². The number of phenols is 1. The van der Waals surface area contributed by atoms with Crippen molar-refractivity contribution in [2.24, 2.45) is 0 Å². The molecule has 2 fully saturated rings. The van der Waals surface area contributed by atoms with Crippen LogP contribution < -0.4 is 15.0 Å². The van der Waals surface area contributed by atoms with Gasteiger partial charge in [0.05, 0.1) is 31.1 Å². The largest absolute Gasteiger partial charge is 0.507 e. The summed E-state index contributed by atoms with van der Waals surface area (Å²) < 4.78 is 20.2. The smallest absolute Gasteiger partial charge is 0.233 e. The summed E-state index contributed by atoms with van der Waals surface area (Å²) in [6.07, 6.45) is 5.95. The topological polar surface area (TPSA) is 109 Å². The number of hydrogen-bond acceptors (Lipinski definition) is 9. The third kappa shape index (κ3) is 4.18. The maximum absolute atomic E-state index is 15.1. The minimum atomic E-state index is -0.967. The molecule has 1 aromatic carbocycles. The van der Waals surface area contributed by atoms with E-state index in [1.807, 2.05) is 18.0 Å². The lowest BCUT2D eigenvalue weighted by atomic mass is 9.82. The molecule has 0 aliphatic carbocycles. The van der Waals surface area contributed by atoms with Crippen molar-refractivity contribution < 1.29 is 14.2 Å². The third-order valence-electron chi connectivity index (χ3n) is 6.62. The summed E-state index contributed by atoms with van der Waals surface area (Å²) in [6, 6.07) is 6.88. The highest BCUT2D eigenvalue weighted by Crippen LogP contribution is 2.34. The monoisotopic (exact) mass is 451 g/mol. The van der Waals surface area contributed by atoms with E-state index in [1.54, 1.807) is 30.6 Å². The fraction of sp³-hybridized carbons (Fsp3) is 0.435. The Labute approximate surface area is 191 Å². The standard InChI is InChI=1S/C23H26FN7O2/c1-31(18-10-15-4-3-5-17(27-15)22(18)24)20-12-25-23(30-28-20)16-7-6-13(8-19(16)32)14-9-21(33-2)29-26-11-14/h6-9,11-12,15,17-18,22,27,32H,3-5,10H2,1-2H3/t15-,17+,18-,22+/m0/s1. The Bertz CT molecular complexity index is 1130. The highest BCUT2D eigenvalue weighted by Gasteiger charge is 2.42. The number of nitrogens with zero attached hydrogens (tertiary/aromatic N) is 6. The van der Waals surface area contributed by atoms with Crippen LogP contribution >= 0.6 is 0 Å². The molecule has 3 aromatic rings. The van der Waals surface area contributed by atoms with Gasteiger partial charge in [0.15, 0.2) is 11.6 Å². The van der Waals surface area contributed by atoms with Crippen LogP contribution in [0.2, 0.25) is 0 Å². The van der Waals surface area contributed by atoms with Gasteiger partial charge in [0.25, 0.3) is 0 Å². The van der Waals surface area contributed by atoms with Gasteiger partial charge in [-0.05, 0) is 37.0 Å². The molecule has 2 aromatic heterocycles. The molecule has 9 nitrogen and oxygen atoms in total. The van der Waals surface area contributed by atoms with E-state index in [2.05, 4.69) is 30.7 Å². The van der Waals surface area contributed by atoms with Crippen molar-refractivity contribution in [2.45, 2.75) is 50.0 Å². The second kappa shape index (κ2) is 8.86. The van der Waals surface area contributed by atoms with Crippen molar-refractivity contribution in [2.75, 3.05) is 19.1 Å². The molecule has 172 valence electrons. The summed E-state index contributed by atoms with van der Waals surface area (Å²) >= 11 is 0. The van der Waals surface area contributed by atoms with Crippen molar-refractivity contribution in [3.05, 3.63) is 36.7 Å². The second-order valence-electron chi connectivity index (χ2n) is 8.62. The number of halogens is 1.